The van der Waals surface area contributed by atoms with E-state index < -0.39 is 0 Å². The first-order valence-corrected chi connectivity index (χ1v) is 11.0. The quantitative estimate of drug-likeness (QED) is 0.224. The van der Waals surface area contributed by atoms with Crippen LogP contribution in [0.15, 0.2) is 121 Å². The number of benzene rings is 4. The van der Waals surface area contributed by atoms with Crippen LogP contribution in [0.3, 0.4) is 0 Å². The van der Waals surface area contributed by atoms with Crippen LogP contribution >= 0.6 is 11.8 Å². The van der Waals surface area contributed by atoms with Gasteiger partial charge in [0.25, 0.3) is 0 Å². The van der Waals surface area contributed by atoms with E-state index in [1.807, 2.05) is 17.8 Å². The molecule has 0 spiro atoms. The summed E-state index contributed by atoms with van der Waals surface area (Å²) in [7, 11) is 0. The van der Waals surface area contributed by atoms with E-state index in [0.717, 1.165) is 0 Å². The molecule has 0 aliphatic rings. The number of rotatable bonds is 7. The standard InChI is InChI=1S/C28H25NS/c1-3-26-27(23-14-7-4-8-15-23)20-13-21-28(26)30-22(2)29(24-16-9-5-10-17-24)25-18-11-6-12-19-25/h3-22H,1H2,2H3. The van der Waals surface area contributed by atoms with Crippen molar-refractivity contribution in [3.8, 4) is 11.1 Å². The summed E-state index contributed by atoms with van der Waals surface area (Å²) < 4.78 is 0. The Bertz CT molecular complexity index is 1050. The molecule has 0 saturated heterocycles. The predicted molar refractivity (Wildman–Crippen MR) is 132 cm³/mol. The summed E-state index contributed by atoms with van der Waals surface area (Å²) in [4.78, 5) is 3.61. The Hall–Kier alpha value is -3.23. The van der Waals surface area contributed by atoms with Gasteiger partial charge in [-0.1, -0.05) is 91.5 Å². The lowest BCUT2D eigenvalue weighted by atomic mass is 10.00. The third kappa shape index (κ3) is 4.34. The smallest absolute Gasteiger partial charge is 0.0817 e. The lowest BCUT2D eigenvalue weighted by Gasteiger charge is -2.31. The second kappa shape index (κ2) is 9.51. The fourth-order valence-corrected chi connectivity index (χ4v) is 4.90. The van der Waals surface area contributed by atoms with Crippen LogP contribution in [0.1, 0.15) is 12.5 Å². The zero-order valence-electron chi connectivity index (χ0n) is 17.1. The van der Waals surface area contributed by atoms with Gasteiger partial charge in [0.2, 0.25) is 0 Å². The molecule has 1 atom stereocenters. The van der Waals surface area contributed by atoms with Crippen molar-refractivity contribution in [1.82, 2.24) is 0 Å². The molecule has 1 unspecified atom stereocenters. The fraction of sp³-hybridized carbons (Fsp3) is 0.0714. The Morgan fingerprint density at radius 2 is 1.23 bits per heavy atom. The normalized spacial score (nSPS) is 11.6. The first-order chi connectivity index (χ1) is 14.8. The van der Waals surface area contributed by atoms with Crippen LogP contribution in [-0.4, -0.2) is 5.37 Å². The Morgan fingerprint density at radius 3 is 1.77 bits per heavy atom. The molecule has 30 heavy (non-hydrogen) atoms. The van der Waals surface area contributed by atoms with Crippen molar-refractivity contribution in [3.63, 3.8) is 0 Å². The summed E-state index contributed by atoms with van der Waals surface area (Å²) in [6.07, 6.45) is 1.98. The molecule has 0 aromatic heterocycles. The molecule has 0 bridgehead atoms. The molecule has 0 radical (unpaired) electrons. The van der Waals surface area contributed by atoms with Gasteiger partial charge in [0.15, 0.2) is 0 Å². The van der Waals surface area contributed by atoms with Crippen molar-refractivity contribution in [3.05, 3.63) is 121 Å². The monoisotopic (exact) mass is 407 g/mol. The second-order valence-corrected chi connectivity index (χ2v) is 8.40. The van der Waals surface area contributed by atoms with Crippen molar-refractivity contribution in [1.29, 1.82) is 0 Å². The summed E-state index contributed by atoms with van der Waals surface area (Å²) in [6, 6.07) is 38.2. The molecule has 1 nitrogen and oxygen atoms in total. The highest BCUT2D eigenvalue weighted by Gasteiger charge is 2.19. The summed E-state index contributed by atoms with van der Waals surface area (Å²) >= 11 is 1.86. The highest BCUT2D eigenvalue weighted by Crippen LogP contribution is 2.39. The molecule has 0 fully saturated rings. The zero-order chi connectivity index (χ0) is 20.8. The first kappa shape index (κ1) is 20.1. The average Bonchev–Trinajstić information content (AvgIpc) is 2.81. The van der Waals surface area contributed by atoms with Crippen LogP contribution in [0.5, 0.6) is 0 Å². The van der Waals surface area contributed by atoms with Crippen LogP contribution < -0.4 is 4.90 Å². The van der Waals surface area contributed by atoms with Crippen LogP contribution in [0.25, 0.3) is 17.2 Å². The first-order valence-electron chi connectivity index (χ1n) is 10.1. The van der Waals surface area contributed by atoms with Gasteiger partial charge in [-0.3, -0.25) is 0 Å². The number of hydrogen-bond donors (Lipinski definition) is 0. The van der Waals surface area contributed by atoms with Gasteiger partial charge >= 0.3 is 0 Å². The van der Waals surface area contributed by atoms with Crippen LogP contribution in [0.2, 0.25) is 0 Å². The highest BCUT2D eigenvalue weighted by atomic mass is 32.2. The topological polar surface area (TPSA) is 3.24 Å². The van der Waals surface area contributed by atoms with Gasteiger partial charge in [0, 0.05) is 16.3 Å². The van der Waals surface area contributed by atoms with Crippen molar-refractivity contribution in [2.75, 3.05) is 4.90 Å². The Morgan fingerprint density at radius 1 is 0.700 bits per heavy atom. The van der Waals surface area contributed by atoms with E-state index >= 15 is 0 Å². The molecule has 4 aromatic carbocycles. The summed E-state index contributed by atoms with van der Waals surface area (Å²) in [5, 5.41) is 0.194. The minimum Gasteiger partial charge on any atom is -0.329 e. The number of thioether (sulfide) groups is 1. The molecule has 0 heterocycles. The molecule has 0 amide bonds. The lowest BCUT2D eigenvalue weighted by Crippen LogP contribution is -2.25. The molecule has 4 aromatic rings. The van der Waals surface area contributed by atoms with Gasteiger partial charge < -0.3 is 4.90 Å². The van der Waals surface area contributed by atoms with Gasteiger partial charge in [0.05, 0.1) is 5.37 Å². The van der Waals surface area contributed by atoms with E-state index in [0.29, 0.717) is 0 Å². The molecule has 0 N–H and O–H groups in total. The van der Waals surface area contributed by atoms with Gasteiger partial charge in [-0.2, -0.15) is 0 Å². The number of para-hydroxylation sites is 2. The SMILES string of the molecule is C=Cc1c(SC(C)N(c2ccccc2)c2ccccc2)cccc1-c1ccccc1. The minimum atomic E-state index is 0.194. The molecule has 0 aliphatic heterocycles. The van der Waals surface area contributed by atoms with E-state index in [1.54, 1.807) is 0 Å². The third-order valence-corrected chi connectivity index (χ3v) is 6.25. The van der Waals surface area contributed by atoms with E-state index in [-0.39, 0.29) is 5.37 Å². The molecule has 4 rings (SSSR count). The van der Waals surface area contributed by atoms with Crippen molar-refractivity contribution in [2.24, 2.45) is 0 Å². The second-order valence-electron chi connectivity index (χ2n) is 7.05. The Kier molecular flexibility index (Phi) is 6.36. The van der Waals surface area contributed by atoms with Gasteiger partial charge in [-0.15, -0.1) is 11.8 Å². The van der Waals surface area contributed by atoms with Crippen molar-refractivity contribution in [2.45, 2.75) is 17.2 Å². The minimum absolute atomic E-state index is 0.194. The Labute approximate surface area is 183 Å². The molecule has 148 valence electrons. The van der Waals surface area contributed by atoms with Crippen LogP contribution in [-0.2, 0) is 0 Å². The lowest BCUT2D eigenvalue weighted by molar-refractivity contribution is 0.956. The van der Waals surface area contributed by atoms with E-state index in [9.17, 15) is 0 Å². The van der Waals surface area contributed by atoms with Gasteiger partial charge in [0.1, 0.15) is 0 Å². The molecule has 0 saturated carbocycles. The zero-order valence-corrected chi connectivity index (χ0v) is 17.9. The van der Waals surface area contributed by atoms with Crippen LogP contribution in [0.4, 0.5) is 11.4 Å². The van der Waals surface area contributed by atoms with E-state index in [2.05, 4.69) is 128 Å². The summed E-state index contributed by atoms with van der Waals surface area (Å²) in [6.45, 7) is 6.38. The van der Waals surface area contributed by atoms with Crippen LogP contribution in [0, 0.1) is 0 Å². The van der Waals surface area contributed by atoms with E-state index in [4.69, 9.17) is 0 Å². The maximum Gasteiger partial charge on any atom is 0.0817 e. The predicted octanol–water partition coefficient (Wildman–Crippen LogP) is 8.27. The maximum atomic E-state index is 4.12. The molecule has 2 heteroatoms. The largest absolute Gasteiger partial charge is 0.329 e. The number of nitrogens with zero attached hydrogens (tertiary/aromatic N) is 1. The van der Waals surface area contributed by atoms with E-state index in [1.165, 1.54) is 33.0 Å². The van der Waals surface area contributed by atoms with Gasteiger partial charge in [-0.25, -0.2) is 0 Å². The number of hydrogen-bond acceptors (Lipinski definition) is 2. The highest BCUT2D eigenvalue weighted by molar-refractivity contribution is 8.00. The third-order valence-electron chi connectivity index (χ3n) is 5.08. The summed E-state index contributed by atoms with van der Waals surface area (Å²) in [5.41, 5.74) is 5.98. The Balaban J connectivity index is 1.71. The molecular weight excluding hydrogens is 382 g/mol. The fourth-order valence-electron chi connectivity index (χ4n) is 3.71. The average molecular weight is 408 g/mol. The van der Waals surface area contributed by atoms with Crippen molar-refractivity contribution >= 4 is 29.2 Å². The number of anilines is 2. The molecule has 0 aliphatic carbocycles. The summed E-state index contributed by atoms with van der Waals surface area (Å²) in [5.74, 6) is 0. The maximum absolute atomic E-state index is 4.12. The molecular formula is C28H25NS. The van der Waals surface area contributed by atoms with Crippen molar-refractivity contribution < 1.29 is 0 Å². The van der Waals surface area contributed by atoms with Gasteiger partial charge in [-0.05, 0) is 53.9 Å².